The SMILES string of the molecule is Cc1cc(C(F)(F)F)cc(C(C)(C)NC(=O)[C@@H]2CCCN2S(N)(=O)=O)c1. The molecular weight excluding hydrogens is 371 g/mol. The molecule has 1 aliphatic rings. The highest BCUT2D eigenvalue weighted by molar-refractivity contribution is 7.86. The number of aryl methyl sites for hydroxylation is 1. The first kappa shape index (κ1) is 20.7. The van der Waals surface area contributed by atoms with Gasteiger partial charge in [-0.2, -0.15) is 25.9 Å². The zero-order valence-electron chi connectivity index (χ0n) is 14.7. The number of carbonyl (C=O) groups is 1. The maximum Gasteiger partial charge on any atom is 0.416 e. The van der Waals surface area contributed by atoms with Crippen molar-refractivity contribution in [1.82, 2.24) is 9.62 Å². The maximum absolute atomic E-state index is 13.1. The molecule has 0 radical (unpaired) electrons. The molecule has 0 spiro atoms. The quantitative estimate of drug-likeness (QED) is 0.820. The summed E-state index contributed by atoms with van der Waals surface area (Å²) in [6.07, 6.45) is -3.71. The average Bonchev–Trinajstić information content (AvgIpc) is 2.94. The minimum atomic E-state index is -4.50. The highest BCUT2D eigenvalue weighted by Gasteiger charge is 2.39. The van der Waals surface area contributed by atoms with Crippen molar-refractivity contribution in [2.45, 2.75) is 51.4 Å². The van der Waals surface area contributed by atoms with E-state index in [9.17, 15) is 26.4 Å². The standard InChI is InChI=1S/C16H22F3N3O3S/c1-10-7-11(9-12(8-10)16(17,18)19)15(2,3)21-14(23)13-5-4-6-22(13)26(20,24)25/h7-9,13H,4-6H2,1-3H3,(H,21,23)(H2,20,24,25)/t13-/m0/s1. The van der Waals surface area contributed by atoms with Crippen LogP contribution in [0.5, 0.6) is 0 Å². The Morgan fingerprint density at radius 3 is 2.35 bits per heavy atom. The number of nitrogens with one attached hydrogen (secondary N) is 1. The Morgan fingerprint density at radius 1 is 1.23 bits per heavy atom. The van der Waals surface area contributed by atoms with E-state index in [1.54, 1.807) is 19.9 Å². The van der Waals surface area contributed by atoms with Gasteiger partial charge < -0.3 is 5.32 Å². The molecule has 10 heteroatoms. The summed E-state index contributed by atoms with van der Waals surface area (Å²) in [7, 11) is -4.03. The van der Waals surface area contributed by atoms with E-state index in [0.717, 1.165) is 16.4 Å². The van der Waals surface area contributed by atoms with E-state index in [4.69, 9.17) is 5.14 Å². The highest BCUT2D eigenvalue weighted by atomic mass is 32.2. The fourth-order valence-electron chi connectivity index (χ4n) is 3.08. The van der Waals surface area contributed by atoms with E-state index in [0.29, 0.717) is 18.4 Å². The fraction of sp³-hybridized carbons (Fsp3) is 0.562. The third-order valence-electron chi connectivity index (χ3n) is 4.40. The fourth-order valence-corrected chi connectivity index (χ4v) is 4.02. The second kappa shape index (κ2) is 6.82. The molecule has 3 N–H and O–H groups in total. The van der Waals surface area contributed by atoms with Crippen LogP contribution in [0.25, 0.3) is 0 Å². The molecule has 0 bridgehead atoms. The first-order valence-corrected chi connectivity index (χ1v) is 9.53. The van der Waals surface area contributed by atoms with E-state index in [1.165, 1.54) is 6.92 Å². The van der Waals surface area contributed by atoms with Gasteiger partial charge in [0.1, 0.15) is 6.04 Å². The number of hydrogen-bond acceptors (Lipinski definition) is 3. The summed E-state index contributed by atoms with van der Waals surface area (Å²) in [6, 6.07) is 2.61. The Morgan fingerprint density at radius 2 is 1.81 bits per heavy atom. The predicted octanol–water partition coefficient (Wildman–Crippen LogP) is 2.03. The number of nitrogens with zero attached hydrogens (tertiary/aromatic N) is 1. The molecule has 0 unspecified atom stereocenters. The number of amides is 1. The van der Waals surface area contributed by atoms with Gasteiger partial charge in [0.25, 0.3) is 10.2 Å². The summed E-state index contributed by atoms with van der Waals surface area (Å²) in [6.45, 7) is 4.81. The normalized spacial score (nSPS) is 19.6. The van der Waals surface area contributed by atoms with Crippen LogP contribution in [0.3, 0.4) is 0 Å². The van der Waals surface area contributed by atoms with Crippen molar-refractivity contribution < 1.29 is 26.4 Å². The lowest BCUT2D eigenvalue weighted by molar-refractivity contribution is -0.137. The minimum Gasteiger partial charge on any atom is -0.346 e. The molecule has 1 amide bonds. The highest BCUT2D eigenvalue weighted by Crippen LogP contribution is 2.33. The van der Waals surface area contributed by atoms with Crippen molar-refractivity contribution in [3.05, 3.63) is 34.9 Å². The second-order valence-corrected chi connectivity index (χ2v) is 8.51. The van der Waals surface area contributed by atoms with Gasteiger partial charge in [-0.05, 0) is 51.3 Å². The smallest absolute Gasteiger partial charge is 0.346 e. The molecular formula is C16H22F3N3O3S. The Bertz CT molecular complexity index is 807. The zero-order valence-corrected chi connectivity index (χ0v) is 15.5. The lowest BCUT2D eigenvalue weighted by atomic mass is 9.90. The molecule has 1 aromatic carbocycles. The van der Waals surface area contributed by atoms with Crippen molar-refractivity contribution >= 4 is 16.1 Å². The van der Waals surface area contributed by atoms with E-state index in [-0.39, 0.29) is 12.1 Å². The number of alkyl halides is 3. The summed E-state index contributed by atoms with van der Waals surface area (Å²) >= 11 is 0. The second-order valence-electron chi connectivity index (χ2n) is 7.01. The van der Waals surface area contributed by atoms with Crippen LogP contribution in [0.4, 0.5) is 13.2 Å². The van der Waals surface area contributed by atoms with Gasteiger partial charge in [0, 0.05) is 6.54 Å². The van der Waals surface area contributed by atoms with E-state index < -0.39 is 39.4 Å². The molecule has 1 aromatic rings. The van der Waals surface area contributed by atoms with Gasteiger partial charge in [0.15, 0.2) is 0 Å². The van der Waals surface area contributed by atoms with Gasteiger partial charge in [-0.1, -0.05) is 11.6 Å². The van der Waals surface area contributed by atoms with E-state index in [2.05, 4.69) is 5.32 Å². The van der Waals surface area contributed by atoms with Gasteiger partial charge in [-0.25, -0.2) is 5.14 Å². The minimum absolute atomic E-state index is 0.139. The summed E-state index contributed by atoms with van der Waals surface area (Å²) < 4.78 is 63.2. The van der Waals surface area contributed by atoms with Crippen LogP contribution in [0.1, 0.15) is 43.4 Å². The van der Waals surface area contributed by atoms with Gasteiger partial charge in [0.05, 0.1) is 11.1 Å². The van der Waals surface area contributed by atoms with Crippen LogP contribution < -0.4 is 10.5 Å². The largest absolute Gasteiger partial charge is 0.416 e. The Hall–Kier alpha value is -1.65. The molecule has 1 fully saturated rings. The molecule has 6 nitrogen and oxygen atoms in total. The lowest BCUT2D eigenvalue weighted by Crippen LogP contribution is -2.52. The van der Waals surface area contributed by atoms with Crippen molar-refractivity contribution in [1.29, 1.82) is 0 Å². The number of rotatable bonds is 4. The molecule has 1 heterocycles. The maximum atomic E-state index is 13.1. The van der Waals surface area contributed by atoms with Crippen LogP contribution >= 0.6 is 0 Å². The summed E-state index contributed by atoms with van der Waals surface area (Å²) in [4.78, 5) is 12.6. The molecule has 0 aromatic heterocycles. The van der Waals surface area contributed by atoms with Crippen LogP contribution in [-0.2, 0) is 26.7 Å². The third kappa shape index (κ3) is 4.54. The van der Waals surface area contributed by atoms with Crippen LogP contribution in [-0.4, -0.2) is 31.2 Å². The third-order valence-corrected chi connectivity index (χ3v) is 5.49. The van der Waals surface area contributed by atoms with Crippen molar-refractivity contribution in [3.63, 3.8) is 0 Å². The summed E-state index contributed by atoms with van der Waals surface area (Å²) in [5.74, 6) is -0.586. The topological polar surface area (TPSA) is 92.5 Å². The van der Waals surface area contributed by atoms with Gasteiger partial charge in [0.2, 0.25) is 5.91 Å². The molecule has 1 atom stereocenters. The average molecular weight is 393 g/mol. The summed E-state index contributed by atoms with van der Waals surface area (Å²) in [5.41, 5.74) is -1.25. The van der Waals surface area contributed by atoms with Gasteiger partial charge >= 0.3 is 6.18 Å². The first-order valence-electron chi connectivity index (χ1n) is 8.03. The van der Waals surface area contributed by atoms with Gasteiger partial charge in [-0.3, -0.25) is 4.79 Å². The van der Waals surface area contributed by atoms with Gasteiger partial charge in [-0.15, -0.1) is 0 Å². The lowest BCUT2D eigenvalue weighted by Gasteiger charge is -2.31. The summed E-state index contributed by atoms with van der Waals surface area (Å²) in [5, 5.41) is 7.78. The van der Waals surface area contributed by atoms with Crippen molar-refractivity contribution in [2.75, 3.05) is 6.54 Å². The molecule has 146 valence electrons. The number of halogens is 3. The number of nitrogens with two attached hydrogens (primary N) is 1. The van der Waals surface area contributed by atoms with Crippen LogP contribution in [0.2, 0.25) is 0 Å². The number of hydrogen-bond donors (Lipinski definition) is 2. The molecule has 0 saturated carbocycles. The molecule has 1 saturated heterocycles. The molecule has 26 heavy (non-hydrogen) atoms. The molecule has 2 rings (SSSR count). The predicted molar refractivity (Wildman–Crippen MR) is 90.2 cm³/mol. The zero-order chi connectivity index (χ0) is 19.9. The number of carbonyl (C=O) groups excluding carboxylic acids is 1. The van der Waals surface area contributed by atoms with E-state index in [1.807, 2.05) is 0 Å². The van der Waals surface area contributed by atoms with Crippen molar-refractivity contribution in [3.8, 4) is 0 Å². The Kier molecular flexibility index (Phi) is 5.42. The first-order chi connectivity index (χ1) is 11.7. The molecule has 1 aliphatic heterocycles. The van der Waals surface area contributed by atoms with Crippen LogP contribution in [0, 0.1) is 6.92 Å². The van der Waals surface area contributed by atoms with E-state index >= 15 is 0 Å². The monoisotopic (exact) mass is 393 g/mol. The van der Waals surface area contributed by atoms with Crippen molar-refractivity contribution in [2.24, 2.45) is 5.14 Å². The van der Waals surface area contributed by atoms with Crippen LogP contribution in [0.15, 0.2) is 18.2 Å². The Balaban J connectivity index is 2.28. The molecule has 0 aliphatic carbocycles. The number of benzene rings is 1. The Labute approximate surface area is 150 Å².